The summed E-state index contributed by atoms with van der Waals surface area (Å²) in [6.45, 7) is 4.55. The van der Waals surface area contributed by atoms with Crippen molar-refractivity contribution in [1.82, 2.24) is 15.0 Å². The second-order valence-electron chi connectivity index (χ2n) is 4.89. The summed E-state index contributed by atoms with van der Waals surface area (Å²) in [5, 5.41) is 24.4. The maximum Gasteiger partial charge on any atom is 1.00 e. The predicted octanol–water partition coefficient (Wildman–Crippen LogP) is -2.76. The average Bonchev–Trinajstić information content (AvgIpc) is 2.55. The van der Waals surface area contributed by atoms with Gasteiger partial charge in [0.25, 0.3) is 0 Å². The van der Waals surface area contributed by atoms with Gasteiger partial charge in [0.1, 0.15) is 0 Å². The molecule has 6 N–H and O–H groups in total. The molecule has 0 spiro atoms. The number of rotatable bonds is 9. The minimum Gasteiger partial charge on any atom is -0.399 e. The second-order valence-corrected chi connectivity index (χ2v) is 4.89. The summed E-state index contributed by atoms with van der Waals surface area (Å²) >= 11 is 0. The molecule has 0 saturated heterocycles. The van der Waals surface area contributed by atoms with Crippen molar-refractivity contribution in [3.8, 4) is 0 Å². The van der Waals surface area contributed by atoms with Crippen molar-refractivity contribution in [2.75, 3.05) is 54.1 Å². The number of nitrogens with two attached hydrogens (primary N) is 1. The zero-order chi connectivity index (χ0) is 17.4. The van der Waals surface area contributed by atoms with Gasteiger partial charge < -0.3 is 38.4 Å². The van der Waals surface area contributed by atoms with E-state index in [2.05, 4.69) is 32.5 Å². The Hall–Kier alpha value is -1.65. The molecule has 130 valence electrons. The topological polar surface area (TPSA) is 132 Å². The van der Waals surface area contributed by atoms with Gasteiger partial charge in [0.05, 0.1) is 13.2 Å². The number of nitrogens with zero attached hydrogens (tertiary/aromatic N) is 4. The van der Waals surface area contributed by atoms with Crippen molar-refractivity contribution in [3.05, 3.63) is 31.2 Å². The molecule has 0 saturated carbocycles. The SMILES string of the molecule is [CH2-]CNc1nc(Nc2cccc(N)c2)nc(N(CCO)CCO)n1.[Na+]. The molecule has 0 bridgehead atoms. The van der Waals surface area contributed by atoms with E-state index in [4.69, 9.17) is 5.73 Å². The molecule has 0 unspecified atom stereocenters. The number of nitrogen functional groups attached to an aromatic ring is 1. The molecular formula is C15H22N7NaO2. The van der Waals surface area contributed by atoms with Crippen LogP contribution < -0.4 is 50.8 Å². The van der Waals surface area contributed by atoms with Gasteiger partial charge in [-0.15, -0.1) is 6.54 Å². The van der Waals surface area contributed by atoms with Crippen molar-refractivity contribution in [2.24, 2.45) is 0 Å². The minimum atomic E-state index is -0.0816. The molecule has 0 radical (unpaired) electrons. The molecule has 0 fully saturated rings. The van der Waals surface area contributed by atoms with E-state index in [0.29, 0.717) is 43.2 Å². The average molecular weight is 355 g/mol. The van der Waals surface area contributed by atoms with Gasteiger partial charge in [0.15, 0.2) is 0 Å². The van der Waals surface area contributed by atoms with Crippen LogP contribution in [0.2, 0.25) is 0 Å². The van der Waals surface area contributed by atoms with Crippen LogP contribution in [0.1, 0.15) is 0 Å². The van der Waals surface area contributed by atoms with Gasteiger partial charge >= 0.3 is 29.6 Å². The first kappa shape index (κ1) is 21.4. The number of anilines is 5. The van der Waals surface area contributed by atoms with Gasteiger partial charge in [-0.2, -0.15) is 15.0 Å². The first-order chi connectivity index (χ1) is 11.7. The Kier molecular flexibility index (Phi) is 9.46. The van der Waals surface area contributed by atoms with Crippen molar-refractivity contribution in [3.63, 3.8) is 0 Å². The van der Waals surface area contributed by atoms with Gasteiger partial charge in [-0.3, -0.25) is 0 Å². The number of hydrogen-bond acceptors (Lipinski definition) is 9. The quantitative estimate of drug-likeness (QED) is 0.184. The molecule has 2 rings (SSSR count). The van der Waals surface area contributed by atoms with E-state index in [-0.39, 0.29) is 42.8 Å². The molecule has 1 heterocycles. The van der Waals surface area contributed by atoms with E-state index in [9.17, 15) is 10.2 Å². The molecule has 9 nitrogen and oxygen atoms in total. The van der Waals surface area contributed by atoms with E-state index < -0.39 is 0 Å². The number of benzene rings is 1. The molecule has 0 amide bonds. The fourth-order valence-electron chi connectivity index (χ4n) is 2.05. The summed E-state index contributed by atoms with van der Waals surface area (Å²) in [4.78, 5) is 14.6. The van der Waals surface area contributed by atoms with Gasteiger partial charge in [-0.25, -0.2) is 0 Å². The van der Waals surface area contributed by atoms with Crippen LogP contribution in [0.5, 0.6) is 0 Å². The minimum absolute atomic E-state index is 0. The normalized spacial score (nSPS) is 10.0. The van der Waals surface area contributed by atoms with E-state index in [0.717, 1.165) is 5.69 Å². The van der Waals surface area contributed by atoms with E-state index >= 15 is 0 Å². The maximum atomic E-state index is 9.18. The van der Waals surface area contributed by atoms with Crippen LogP contribution in [0.25, 0.3) is 0 Å². The van der Waals surface area contributed by atoms with Gasteiger partial charge in [0.2, 0.25) is 17.8 Å². The number of nitrogens with one attached hydrogen (secondary N) is 2. The van der Waals surface area contributed by atoms with Crippen LogP contribution in [-0.2, 0) is 0 Å². The number of aromatic nitrogens is 3. The zero-order valence-electron chi connectivity index (χ0n) is 14.3. The van der Waals surface area contributed by atoms with Gasteiger partial charge in [0, 0.05) is 24.5 Å². The first-order valence-corrected chi connectivity index (χ1v) is 7.54. The van der Waals surface area contributed by atoms with E-state index in [1.54, 1.807) is 17.0 Å². The third-order valence-electron chi connectivity index (χ3n) is 3.07. The Morgan fingerprint density at radius 3 is 2.36 bits per heavy atom. The second kappa shape index (κ2) is 11.1. The largest absolute Gasteiger partial charge is 1.00 e. The van der Waals surface area contributed by atoms with Crippen molar-refractivity contribution in [1.29, 1.82) is 0 Å². The van der Waals surface area contributed by atoms with Crippen LogP contribution >= 0.6 is 0 Å². The van der Waals surface area contributed by atoms with Crippen LogP contribution in [0.15, 0.2) is 24.3 Å². The fraction of sp³-hybridized carbons (Fsp3) is 0.333. The molecule has 25 heavy (non-hydrogen) atoms. The van der Waals surface area contributed by atoms with Crippen LogP contribution in [0, 0.1) is 6.92 Å². The molecule has 10 heteroatoms. The first-order valence-electron chi connectivity index (χ1n) is 7.54. The van der Waals surface area contributed by atoms with Crippen LogP contribution in [0.3, 0.4) is 0 Å². The molecule has 2 aromatic rings. The van der Waals surface area contributed by atoms with Gasteiger partial charge in [-0.05, 0) is 18.2 Å². The zero-order valence-corrected chi connectivity index (χ0v) is 16.3. The third kappa shape index (κ3) is 6.63. The Labute approximate surface area is 169 Å². The molecule has 0 aliphatic rings. The summed E-state index contributed by atoms with van der Waals surface area (Å²) in [6.07, 6.45) is 0. The molecule has 1 aromatic heterocycles. The Morgan fingerprint density at radius 2 is 1.76 bits per heavy atom. The van der Waals surface area contributed by atoms with Crippen molar-refractivity contribution in [2.45, 2.75) is 0 Å². The summed E-state index contributed by atoms with van der Waals surface area (Å²) in [5.41, 5.74) is 7.13. The van der Waals surface area contributed by atoms with Crippen molar-refractivity contribution >= 4 is 29.2 Å². The Bertz CT molecular complexity index is 654. The molecule has 0 atom stereocenters. The van der Waals surface area contributed by atoms with Crippen LogP contribution in [0.4, 0.5) is 29.2 Å². The fourth-order valence-corrected chi connectivity index (χ4v) is 2.05. The summed E-state index contributed by atoms with van der Waals surface area (Å²) in [6, 6.07) is 7.20. The summed E-state index contributed by atoms with van der Waals surface area (Å²) in [5.74, 6) is 1.01. The van der Waals surface area contributed by atoms with Crippen molar-refractivity contribution < 1.29 is 39.8 Å². The number of hydrogen-bond donors (Lipinski definition) is 5. The monoisotopic (exact) mass is 355 g/mol. The Balaban J connectivity index is 0.00000312. The predicted molar refractivity (Wildman–Crippen MR) is 94.2 cm³/mol. The standard InChI is InChI=1S/C15H22N7O2.Na/c1-2-17-13-19-14(18-12-5-3-4-11(16)10-12)21-15(20-13)22(6-8-23)7-9-24;/h3-5,10,23-24H,1-2,6-9,16H2,(H2,17,18,19,20,21);/q-1;+1. The molecular weight excluding hydrogens is 333 g/mol. The van der Waals surface area contributed by atoms with Gasteiger partial charge in [-0.1, -0.05) is 6.07 Å². The summed E-state index contributed by atoms with van der Waals surface area (Å²) < 4.78 is 0. The maximum absolute atomic E-state index is 9.18. The molecule has 0 aliphatic carbocycles. The van der Waals surface area contributed by atoms with Crippen LogP contribution in [-0.4, -0.2) is 58.0 Å². The Morgan fingerprint density at radius 1 is 1.08 bits per heavy atom. The van der Waals surface area contributed by atoms with E-state index in [1.165, 1.54) is 0 Å². The molecule has 1 aromatic carbocycles. The number of aliphatic hydroxyl groups is 2. The summed E-state index contributed by atoms with van der Waals surface area (Å²) in [7, 11) is 0. The third-order valence-corrected chi connectivity index (χ3v) is 3.07. The number of aliphatic hydroxyl groups excluding tert-OH is 2. The molecule has 0 aliphatic heterocycles. The smallest absolute Gasteiger partial charge is 0.399 e. The van der Waals surface area contributed by atoms with E-state index in [1.807, 2.05) is 12.1 Å².